The molecular formula is C16H21N3O2. The van der Waals surface area contributed by atoms with Gasteiger partial charge < -0.3 is 10.6 Å². The van der Waals surface area contributed by atoms with Crippen LogP contribution in [0.5, 0.6) is 0 Å². The Labute approximate surface area is 124 Å². The molecule has 2 aliphatic heterocycles. The highest BCUT2D eigenvalue weighted by atomic mass is 16.2. The van der Waals surface area contributed by atoms with E-state index < -0.39 is 5.54 Å². The van der Waals surface area contributed by atoms with Crippen molar-refractivity contribution in [3.05, 3.63) is 34.9 Å². The second-order valence-corrected chi connectivity index (χ2v) is 6.11. The lowest BCUT2D eigenvalue weighted by Gasteiger charge is -2.31. The fourth-order valence-corrected chi connectivity index (χ4v) is 3.21. The Kier molecular flexibility index (Phi) is 3.45. The number of piperidine rings is 1. The lowest BCUT2D eigenvalue weighted by Crippen LogP contribution is -2.57. The summed E-state index contributed by atoms with van der Waals surface area (Å²) in [6, 6.07) is 5.81. The fraction of sp³-hybridized carbons (Fsp3) is 0.500. The number of benzene rings is 1. The zero-order chi connectivity index (χ0) is 15.0. The lowest BCUT2D eigenvalue weighted by atomic mass is 9.90. The zero-order valence-electron chi connectivity index (χ0n) is 12.5. The smallest absolute Gasteiger partial charge is 0.322 e. The standard InChI is InChI=1S/C16H21N3O2/c1-11-4-5-13(12(2)8-11)9-19-14(20)16(18-15(19)21)6-3-7-17-10-16/h4-5,8,17H,3,6-7,9-10H2,1-2H3,(H,18,21)/t16-/m0/s1. The highest BCUT2D eigenvalue weighted by Gasteiger charge is 2.51. The first kappa shape index (κ1) is 14.1. The summed E-state index contributed by atoms with van der Waals surface area (Å²) >= 11 is 0. The Morgan fingerprint density at radius 1 is 1.29 bits per heavy atom. The maximum Gasteiger partial charge on any atom is 0.325 e. The Morgan fingerprint density at radius 3 is 2.76 bits per heavy atom. The quantitative estimate of drug-likeness (QED) is 0.810. The molecule has 1 atom stereocenters. The van der Waals surface area contributed by atoms with Crippen molar-refractivity contribution in [3.63, 3.8) is 0 Å². The number of rotatable bonds is 2. The van der Waals surface area contributed by atoms with Gasteiger partial charge in [0.1, 0.15) is 5.54 Å². The van der Waals surface area contributed by atoms with E-state index in [1.165, 1.54) is 10.5 Å². The highest BCUT2D eigenvalue weighted by molar-refractivity contribution is 6.07. The molecule has 2 fully saturated rings. The van der Waals surface area contributed by atoms with Crippen molar-refractivity contribution >= 4 is 11.9 Å². The molecule has 112 valence electrons. The van der Waals surface area contributed by atoms with Gasteiger partial charge in [0.15, 0.2) is 0 Å². The summed E-state index contributed by atoms with van der Waals surface area (Å²) in [5, 5.41) is 6.10. The molecule has 3 rings (SSSR count). The molecule has 21 heavy (non-hydrogen) atoms. The third kappa shape index (κ3) is 2.42. The third-order valence-corrected chi connectivity index (χ3v) is 4.46. The number of hydrogen-bond donors (Lipinski definition) is 2. The van der Waals surface area contributed by atoms with Crippen molar-refractivity contribution in [2.24, 2.45) is 0 Å². The summed E-state index contributed by atoms with van der Waals surface area (Å²) in [5.74, 6) is -0.0975. The molecule has 5 nitrogen and oxygen atoms in total. The SMILES string of the molecule is Cc1ccc(CN2C(=O)N[C@]3(CCCNC3)C2=O)c(C)c1. The molecule has 0 aliphatic carbocycles. The van der Waals surface area contributed by atoms with E-state index in [4.69, 9.17) is 0 Å². The van der Waals surface area contributed by atoms with E-state index in [-0.39, 0.29) is 11.9 Å². The predicted octanol–water partition coefficient (Wildman–Crippen LogP) is 1.48. The molecule has 0 saturated carbocycles. The summed E-state index contributed by atoms with van der Waals surface area (Å²) in [4.78, 5) is 26.2. The lowest BCUT2D eigenvalue weighted by molar-refractivity contribution is -0.132. The van der Waals surface area contributed by atoms with Gasteiger partial charge in [-0.25, -0.2) is 4.79 Å². The van der Waals surface area contributed by atoms with Gasteiger partial charge in [-0.2, -0.15) is 0 Å². The molecule has 0 aromatic heterocycles. The van der Waals surface area contributed by atoms with E-state index in [0.29, 0.717) is 19.5 Å². The minimum absolute atomic E-state index is 0.0975. The molecule has 1 spiro atoms. The molecule has 0 bridgehead atoms. The van der Waals surface area contributed by atoms with Crippen molar-refractivity contribution < 1.29 is 9.59 Å². The van der Waals surface area contributed by atoms with Crippen molar-refractivity contribution in [1.82, 2.24) is 15.5 Å². The van der Waals surface area contributed by atoms with E-state index in [1.807, 2.05) is 26.0 Å². The Balaban J connectivity index is 1.82. The van der Waals surface area contributed by atoms with Gasteiger partial charge >= 0.3 is 6.03 Å². The molecule has 2 aliphatic rings. The number of carbonyl (C=O) groups is 2. The van der Waals surface area contributed by atoms with Gasteiger partial charge in [0.2, 0.25) is 0 Å². The average Bonchev–Trinajstić information content (AvgIpc) is 2.67. The van der Waals surface area contributed by atoms with Crippen LogP contribution in [0, 0.1) is 13.8 Å². The van der Waals surface area contributed by atoms with Crippen LogP contribution in [0.3, 0.4) is 0 Å². The highest BCUT2D eigenvalue weighted by Crippen LogP contribution is 2.26. The molecule has 0 unspecified atom stereocenters. The van der Waals surface area contributed by atoms with Gasteiger partial charge in [0.05, 0.1) is 6.54 Å². The van der Waals surface area contributed by atoms with Crippen LogP contribution >= 0.6 is 0 Å². The van der Waals surface area contributed by atoms with Crippen molar-refractivity contribution in [2.75, 3.05) is 13.1 Å². The minimum Gasteiger partial charge on any atom is -0.322 e. The second kappa shape index (κ2) is 5.15. The summed E-state index contributed by atoms with van der Waals surface area (Å²) in [5.41, 5.74) is 2.58. The van der Waals surface area contributed by atoms with Crippen LogP contribution in [-0.4, -0.2) is 35.5 Å². The van der Waals surface area contributed by atoms with Crippen molar-refractivity contribution in [1.29, 1.82) is 0 Å². The molecule has 2 heterocycles. The van der Waals surface area contributed by atoms with Gasteiger partial charge in [-0.3, -0.25) is 9.69 Å². The topological polar surface area (TPSA) is 61.4 Å². The maximum atomic E-state index is 12.7. The van der Waals surface area contributed by atoms with Gasteiger partial charge in [-0.15, -0.1) is 0 Å². The van der Waals surface area contributed by atoms with Gasteiger partial charge in [0.25, 0.3) is 5.91 Å². The van der Waals surface area contributed by atoms with E-state index in [2.05, 4.69) is 16.7 Å². The van der Waals surface area contributed by atoms with E-state index in [9.17, 15) is 9.59 Å². The van der Waals surface area contributed by atoms with Crippen LogP contribution < -0.4 is 10.6 Å². The average molecular weight is 287 g/mol. The van der Waals surface area contributed by atoms with Crippen LogP contribution in [0.25, 0.3) is 0 Å². The number of nitrogens with zero attached hydrogens (tertiary/aromatic N) is 1. The number of imide groups is 1. The molecule has 2 N–H and O–H groups in total. The molecule has 3 amide bonds. The summed E-state index contributed by atoms with van der Waals surface area (Å²) in [7, 11) is 0. The van der Waals surface area contributed by atoms with Crippen LogP contribution in [0.1, 0.15) is 29.5 Å². The number of carbonyl (C=O) groups excluding carboxylic acids is 2. The van der Waals surface area contributed by atoms with E-state index in [1.54, 1.807) is 0 Å². The maximum absolute atomic E-state index is 12.7. The van der Waals surface area contributed by atoms with Crippen LogP contribution in [0.2, 0.25) is 0 Å². The Bertz CT molecular complexity index is 591. The first-order valence-corrected chi connectivity index (χ1v) is 7.43. The van der Waals surface area contributed by atoms with Crippen molar-refractivity contribution in [3.8, 4) is 0 Å². The summed E-state index contributed by atoms with van der Waals surface area (Å²) < 4.78 is 0. The van der Waals surface area contributed by atoms with Crippen molar-refractivity contribution in [2.45, 2.75) is 38.8 Å². The zero-order valence-corrected chi connectivity index (χ0v) is 12.5. The Hall–Kier alpha value is -1.88. The van der Waals surface area contributed by atoms with Crippen LogP contribution in [0.4, 0.5) is 4.79 Å². The molecule has 1 aromatic rings. The number of urea groups is 1. The fourth-order valence-electron chi connectivity index (χ4n) is 3.21. The molecule has 2 saturated heterocycles. The normalized spacial score (nSPS) is 25.5. The predicted molar refractivity (Wildman–Crippen MR) is 79.8 cm³/mol. The van der Waals surface area contributed by atoms with Gasteiger partial charge in [-0.05, 0) is 44.4 Å². The Morgan fingerprint density at radius 2 is 2.10 bits per heavy atom. The monoisotopic (exact) mass is 287 g/mol. The molecule has 0 radical (unpaired) electrons. The third-order valence-electron chi connectivity index (χ3n) is 4.46. The van der Waals surface area contributed by atoms with Crippen LogP contribution in [0.15, 0.2) is 18.2 Å². The second-order valence-electron chi connectivity index (χ2n) is 6.11. The summed E-state index contributed by atoms with van der Waals surface area (Å²) in [6.45, 7) is 5.83. The number of hydrogen-bond acceptors (Lipinski definition) is 3. The summed E-state index contributed by atoms with van der Waals surface area (Å²) in [6.07, 6.45) is 1.62. The molecule has 1 aromatic carbocycles. The number of aryl methyl sites for hydroxylation is 2. The van der Waals surface area contributed by atoms with Gasteiger partial charge in [-0.1, -0.05) is 23.8 Å². The largest absolute Gasteiger partial charge is 0.325 e. The van der Waals surface area contributed by atoms with E-state index >= 15 is 0 Å². The van der Waals surface area contributed by atoms with Crippen LogP contribution in [-0.2, 0) is 11.3 Å². The minimum atomic E-state index is -0.728. The van der Waals surface area contributed by atoms with Gasteiger partial charge in [0, 0.05) is 6.54 Å². The first-order chi connectivity index (χ1) is 10.0. The van der Waals surface area contributed by atoms with E-state index in [0.717, 1.165) is 24.1 Å². The number of amides is 3. The molecular weight excluding hydrogens is 266 g/mol. The first-order valence-electron chi connectivity index (χ1n) is 7.43. The molecule has 5 heteroatoms. The number of nitrogens with one attached hydrogen (secondary N) is 2.